The summed E-state index contributed by atoms with van der Waals surface area (Å²) in [4.78, 5) is 40.5. The SMILES string of the molecule is CC[C@H](C)NC(=O)[C@H](NC(=O)c1ccc(OC)cc1)C1CCN(C(=O)Nc2ccc(C)cc2)CC1. The first-order valence-electron chi connectivity index (χ1n) is 12.2. The van der Waals surface area contributed by atoms with Gasteiger partial charge in [0, 0.05) is 30.4 Å². The van der Waals surface area contributed by atoms with Gasteiger partial charge in [0.05, 0.1) is 7.11 Å². The van der Waals surface area contributed by atoms with E-state index in [1.165, 1.54) is 0 Å². The van der Waals surface area contributed by atoms with E-state index >= 15 is 0 Å². The second-order valence-corrected chi connectivity index (χ2v) is 9.12. The Morgan fingerprint density at radius 2 is 1.63 bits per heavy atom. The minimum Gasteiger partial charge on any atom is -0.497 e. The number of benzene rings is 2. The van der Waals surface area contributed by atoms with Gasteiger partial charge in [0.1, 0.15) is 11.8 Å². The van der Waals surface area contributed by atoms with Crippen molar-refractivity contribution in [2.24, 2.45) is 5.92 Å². The zero-order valence-electron chi connectivity index (χ0n) is 21.0. The van der Waals surface area contributed by atoms with Gasteiger partial charge >= 0.3 is 6.03 Å². The number of amides is 4. The Labute approximate surface area is 207 Å². The van der Waals surface area contributed by atoms with E-state index in [1.807, 2.05) is 45.0 Å². The molecule has 0 aliphatic carbocycles. The van der Waals surface area contributed by atoms with Gasteiger partial charge in [0.2, 0.25) is 5.91 Å². The first-order chi connectivity index (χ1) is 16.8. The van der Waals surface area contributed by atoms with E-state index in [4.69, 9.17) is 4.74 Å². The summed E-state index contributed by atoms with van der Waals surface area (Å²) in [7, 11) is 1.57. The first-order valence-corrected chi connectivity index (χ1v) is 12.2. The Bertz CT molecular complexity index is 999. The lowest BCUT2D eigenvalue weighted by Crippen LogP contribution is -2.55. The van der Waals surface area contributed by atoms with E-state index in [9.17, 15) is 14.4 Å². The highest BCUT2D eigenvalue weighted by Gasteiger charge is 2.34. The van der Waals surface area contributed by atoms with E-state index in [-0.39, 0.29) is 29.8 Å². The number of methoxy groups -OCH3 is 1. The van der Waals surface area contributed by atoms with Crippen molar-refractivity contribution in [3.63, 3.8) is 0 Å². The molecule has 0 unspecified atom stereocenters. The van der Waals surface area contributed by atoms with Crippen LogP contribution in [0.2, 0.25) is 0 Å². The average Bonchev–Trinajstić information content (AvgIpc) is 2.88. The maximum Gasteiger partial charge on any atom is 0.321 e. The molecule has 1 heterocycles. The molecule has 2 atom stereocenters. The summed E-state index contributed by atoms with van der Waals surface area (Å²) in [5.74, 6) is 0.0776. The van der Waals surface area contributed by atoms with Gasteiger partial charge < -0.3 is 25.6 Å². The highest BCUT2D eigenvalue weighted by molar-refractivity contribution is 5.97. The molecule has 0 saturated carbocycles. The van der Waals surface area contributed by atoms with Crippen LogP contribution in [0.1, 0.15) is 49.0 Å². The molecule has 0 spiro atoms. The summed E-state index contributed by atoms with van der Waals surface area (Å²) in [5, 5.41) is 8.88. The second-order valence-electron chi connectivity index (χ2n) is 9.12. The molecule has 2 aromatic rings. The Hall–Kier alpha value is -3.55. The Morgan fingerprint density at radius 1 is 1.00 bits per heavy atom. The maximum atomic E-state index is 13.1. The van der Waals surface area contributed by atoms with Crippen LogP contribution in [-0.4, -0.2) is 55.0 Å². The van der Waals surface area contributed by atoms with E-state index in [0.717, 1.165) is 17.7 Å². The minimum atomic E-state index is -0.680. The summed E-state index contributed by atoms with van der Waals surface area (Å²) in [5.41, 5.74) is 2.34. The van der Waals surface area contributed by atoms with Crippen LogP contribution in [0.5, 0.6) is 5.75 Å². The molecule has 0 aromatic heterocycles. The van der Waals surface area contributed by atoms with Crippen molar-refractivity contribution < 1.29 is 19.1 Å². The molecule has 35 heavy (non-hydrogen) atoms. The van der Waals surface area contributed by atoms with Crippen molar-refractivity contribution in [2.45, 2.75) is 52.1 Å². The van der Waals surface area contributed by atoms with Crippen molar-refractivity contribution in [1.29, 1.82) is 0 Å². The summed E-state index contributed by atoms with van der Waals surface area (Å²) in [6.07, 6.45) is 2.02. The van der Waals surface area contributed by atoms with E-state index in [0.29, 0.717) is 37.2 Å². The zero-order valence-corrected chi connectivity index (χ0v) is 21.0. The normalized spacial score (nSPS) is 15.6. The molecule has 1 aliphatic heterocycles. The number of rotatable bonds is 8. The summed E-state index contributed by atoms with van der Waals surface area (Å²) < 4.78 is 5.16. The fourth-order valence-corrected chi connectivity index (χ4v) is 4.07. The highest BCUT2D eigenvalue weighted by atomic mass is 16.5. The van der Waals surface area contributed by atoms with Crippen LogP contribution >= 0.6 is 0 Å². The lowest BCUT2D eigenvalue weighted by Gasteiger charge is -2.36. The van der Waals surface area contributed by atoms with Gasteiger partial charge in [-0.2, -0.15) is 0 Å². The lowest BCUT2D eigenvalue weighted by molar-refractivity contribution is -0.125. The molecule has 1 saturated heterocycles. The predicted molar refractivity (Wildman–Crippen MR) is 137 cm³/mol. The molecule has 1 fully saturated rings. The molecule has 0 bridgehead atoms. The number of piperidine rings is 1. The smallest absolute Gasteiger partial charge is 0.321 e. The van der Waals surface area contributed by atoms with E-state index in [2.05, 4.69) is 16.0 Å². The topological polar surface area (TPSA) is 99.8 Å². The lowest BCUT2D eigenvalue weighted by atomic mass is 9.88. The van der Waals surface area contributed by atoms with Gasteiger partial charge in [-0.25, -0.2) is 4.79 Å². The fraction of sp³-hybridized carbons (Fsp3) is 0.444. The van der Waals surface area contributed by atoms with E-state index < -0.39 is 6.04 Å². The molecule has 8 heteroatoms. The Balaban J connectivity index is 1.65. The fourth-order valence-electron chi connectivity index (χ4n) is 4.07. The van der Waals surface area contributed by atoms with Gasteiger partial charge in [0.25, 0.3) is 5.91 Å². The Morgan fingerprint density at radius 3 is 2.20 bits per heavy atom. The molecule has 188 valence electrons. The number of urea groups is 1. The minimum absolute atomic E-state index is 0.00302. The Kier molecular flexibility index (Phi) is 9.11. The third kappa shape index (κ3) is 7.21. The largest absolute Gasteiger partial charge is 0.497 e. The number of anilines is 1. The van der Waals surface area contributed by atoms with Crippen LogP contribution in [0.25, 0.3) is 0 Å². The van der Waals surface area contributed by atoms with Crippen molar-refractivity contribution >= 4 is 23.5 Å². The average molecular weight is 481 g/mol. The molecule has 4 amide bonds. The van der Waals surface area contributed by atoms with Crippen molar-refractivity contribution in [3.05, 3.63) is 59.7 Å². The number of hydrogen-bond donors (Lipinski definition) is 3. The van der Waals surface area contributed by atoms with Gasteiger partial charge in [0.15, 0.2) is 0 Å². The van der Waals surface area contributed by atoms with Gasteiger partial charge in [-0.15, -0.1) is 0 Å². The van der Waals surface area contributed by atoms with Gasteiger partial charge in [-0.1, -0.05) is 24.6 Å². The van der Waals surface area contributed by atoms with Crippen LogP contribution < -0.4 is 20.7 Å². The third-order valence-electron chi connectivity index (χ3n) is 6.52. The molecule has 1 aliphatic rings. The summed E-state index contributed by atoms with van der Waals surface area (Å²) >= 11 is 0. The maximum absolute atomic E-state index is 13.1. The molecular weight excluding hydrogens is 444 g/mol. The molecule has 8 nitrogen and oxygen atoms in total. The van der Waals surface area contributed by atoms with E-state index in [1.54, 1.807) is 36.3 Å². The number of ether oxygens (including phenoxy) is 1. The van der Waals surface area contributed by atoms with Crippen LogP contribution in [0, 0.1) is 12.8 Å². The number of aryl methyl sites for hydroxylation is 1. The van der Waals surface area contributed by atoms with Crippen LogP contribution in [-0.2, 0) is 4.79 Å². The molecular formula is C27H36N4O4. The number of nitrogens with one attached hydrogen (secondary N) is 3. The number of likely N-dealkylation sites (tertiary alicyclic amines) is 1. The molecule has 3 N–H and O–H groups in total. The number of nitrogens with zero attached hydrogens (tertiary/aromatic N) is 1. The quantitative estimate of drug-likeness (QED) is 0.532. The summed E-state index contributed by atoms with van der Waals surface area (Å²) in [6.45, 7) is 6.96. The van der Waals surface area contributed by atoms with Crippen molar-refractivity contribution in [1.82, 2.24) is 15.5 Å². The monoisotopic (exact) mass is 480 g/mol. The number of carbonyl (C=O) groups is 3. The van der Waals surface area contributed by atoms with Crippen molar-refractivity contribution in [3.8, 4) is 5.75 Å². The standard InChI is InChI=1S/C27H36N4O4/c1-5-19(3)28-26(33)24(30-25(32)21-8-12-23(35-4)13-9-21)20-14-16-31(17-15-20)27(34)29-22-10-6-18(2)7-11-22/h6-13,19-20,24H,5,14-17H2,1-4H3,(H,28,33)(H,29,34)(H,30,32)/t19-,24+/m0/s1. The molecule has 2 aromatic carbocycles. The second kappa shape index (κ2) is 12.2. The van der Waals surface area contributed by atoms with Crippen LogP contribution in [0.3, 0.4) is 0 Å². The summed E-state index contributed by atoms with van der Waals surface area (Å²) in [6, 6.07) is 13.6. The van der Waals surface area contributed by atoms with Crippen molar-refractivity contribution in [2.75, 3.05) is 25.5 Å². The number of hydrogen-bond acceptors (Lipinski definition) is 4. The highest BCUT2D eigenvalue weighted by Crippen LogP contribution is 2.23. The molecule has 0 radical (unpaired) electrons. The van der Waals surface area contributed by atoms with Crippen LogP contribution in [0.4, 0.5) is 10.5 Å². The number of carbonyl (C=O) groups excluding carboxylic acids is 3. The molecule has 3 rings (SSSR count). The van der Waals surface area contributed by atoms with Crippen LogP contribution in [0.15, 0.2) is 48.5 Å². The zero-order chi connectivity index (χ0) is 25.4. The third-order valence-corrected chi connectivity index (χ3v) is 6.52. The first kappa shape index (κ1) is 26.1. The van der Waals surface area contributed by atoms with Gasteiger partial charge in [-0.3, -0.25) is 9.59 Å². The van der Waals surface area contributed by atoms with Gasteiger partial charge in [-0.05, 0) is 75.4 Å². The predicted octanol–water partition coefficient (Wildman–Crippen LogP) is 3.96.